The Bertz CT molecular complexity index is 4230. The number of nitrogens with zero attached hydrogens (tertiary/aromatic N) is 4. The second kappa shape index (κ2) is 18.4. The molecule has 11 rings (SSSR count). The first-order valence-corrected chi connectivity index (χ1v) is 26.0. The molecule has 0 atom stereocenters. The molecule has 0 saturated carbocycles. The number of para-hydroxylation sites is 1. The van der Waals surface area contributed by atoms with E-state index < -0.39 is 23.5 Å². The van der Waals surface area contributed by atoms with E-state index in [1.54, 1.807) is 0 Å². The van der Waals surface area contributed by atoms with E-state index in [9.17, 15) is 2.74 Å². The van der Waals surface area contributed by atoms with Crippen molar-refractivity contribution in [1.82, 2.24) is 14.1 Å². The molecule has 3 heterocycles. The third kappa shape index (κ3) is 9.46. The molecule has 75 heavy (non-hydrogen) atoms. The second-order valence-electron chi connectivity index (χ2n) is 24.1. The summed E-state index contributed by atoms with van der Waals surface area (Å²) < 4.78 is 58.7. The molecule has 374 valence electrons. The topological polar surface area (TPSA) is 35.9 Å². The standard InChI is InChI=1S/C70H68N4O/c1-67(2,3)50-31-28-46(29-32-50)48-30-35-62-64(39-48)72(45-73(62)66-59(47-20-14-13-15-21-47)40-53(70(10,11)12)41-60(66)49-22-18-23-51(38-49)68(4,5)6)54-24-19-25-55(43-54)75-56-33-34-58-57-26-16-17-27-61(57)74(63(58)44-56)65-42-52(36-37-71-65)69(7,8)9/h13-44H,1-12H3/i13D,14D,15D,20D,21D. The predicted octanol–water partition coefficient (Wildman–Crippen LogP) is 18.2. The van der Waals surface area contributed by atoms with E-state index in [-0.39, 0.29) is 33.9 Å². The van der Waals surface area contributed by atoms with E-state index in [2.05, 4.69) is 215 Å². The highest BCUT2D eigenvalue weighted by atomic mass is 16.5. The zero-order chi connectivity index (χ0) is 57.0. The Labute approximate surface area is 450 Å². The van der Waals surface area contributed by atoms with Crippen molar-refractivity contribution in [2.75, 3.05) is 0 Å². The molecule has 5 nitrogen and oxygen atoms in total. The summed E-state index contributed by atoms with van der Waals surface area (Å²) in [5, 5.41) is 2.22. The lowest BCUT2D eigenvalue weighted by atomic mass is 9.81. The van der Waals surface area contributed by atoms with Crippen LogP contribution in [0.5, 0.6) is 11.5 Å². The molecule has 0 amide bonds. The van der Waals surface area contributed by atoms with Crippen molar-refractivity contribution in [3.63, 3.8) is 0 Å². The first-order chi connectivity index (χ1) is 37.8. The third-order valence-corrected chi connectivity index (χ3v) is 14.5. The fraction of sp³-hybridized carbons (Fsp3) is 0.229. The summed E-state index contributed by atoms with van der Waals surface area (Å²) in [5.41, 5.74) is 13.3. The van der Waals surface area contributed by atoms with Gasteiger partial charge in [0.15, 0.2) is 0 Å². The van der Waals surface area contributed by atoms with Crippen LogP contribution >= 0.6 is 0 Å². The lowest BCUT2D eigenvalue weighted by molar-refractivity contribution is -0.571. The van der Waals surface area contributed by atoms with Gasteiger partial charge >= 0.3 is 0 Å². The van der Waals surface area contributed by atoms with Crippen LogP contribution in [-0.2, 0) is 21.7 Å². The predicted molar refractivity (Wildman–Crippen MR) is 313 cm³/mol. The van der Waals surface area contributed by atoms with Crippen LogP contribution in [0.1, 0.15) is 112 Å². The van der Waals surface area contributed by atoms with Crippen LogP contribution in [-0.4, -0.2) is 14.1 Å². The normalized spacial score (nSPS) is 13.5. The molecule has 3 aromatic heterocycles. The minimum Gasteiger partial charge on any atom is -0.458 e. The molecule has 0 aliphatic rings. The van der Waals surface area contributed by atoms with Gasteiger partial charge in [-0.25, -0.2) is 4.98 Å². The van der Waals surface area contributed by atoms with Gasteiger partial charge in [0, 0.05) is 23.0 Å². The number of hydrogen-bond donors (Lipinski definition) is 0. The van der Waals surface area contributed by atoms with Gasteiger partial charge in [-0.05, 0) is 132 Å². The average molecular weight is 986 g/mol. The minimum absolute atomic E-state index is 0.0190. The van der Waals surface area contributed by atoms with Gasteiger partial charge in [-0.15, -0.1) is 0 Å². The highest BCUT2D eigenvalue weighted by molar-refractivity contribution is 6.09. The van der Waals surface area contributed by atoms with Crippen LogP contribution in [0.4, 0.5) is 0 Å². The first-order valence-electron chi connectivity index (χ1n) is 28.5. The molecular formula is C70H68N4O. The molecule has 0 saturated heterocycles. The largest absolute Gasteiger partial charge is 0.458 e. The maximum absolute atomic E-state index is 9.49. The summed E-state index contributed by atoms with van der Waals surface area (Å²) >= 11 is 0. The fourth-order valence-corrected chi connectivity index (χ4v) is 10.2. The van der Waals surface area contributed by atoms with Gasteiger partial charge in [0.2, 0.25) is 0 Å². The zero-order valence-corrected chi connectivity index (χ0v) is 45.3. The summed E-state index contributed by atoms with van der Waals surface area (Å²) in [4.78, 5) is 4.91. The number of fused-ring (bicyclic) bond motifs is 4. The summed E-state index contributed by atoms with van der Waals surface area (Å²) in [5.74, 6) is 2.11. The summed E-state index contributed by atoms with van der Waals surface area (Å²) in [6.45, 7) is 26.3. The van der Waals surface area contributed by atoms with Crippen molar-refractivity contribution in [2.45, 2.75) is 105 Å². The average Bonchev–Trinajstić information content (AvgIpc) is 4.18. The number of pyridine rings is 1. The van der Waals surface area contributed by atoms with Crippen LogP contribution < -0.4 is 9.30 Å². The smallest absolute Gasteiger partial charge is 0.269 e. The molecule has 0 fully saturated rings. The maximum atomic E-state index is 9.49. The lowest BCUT2D eigenvalue weighted by Crippen LogP contribution is -2.32. The summed E-state index contributed by atoms with van der Waals surface area (Å²) in [6.07, 6.45) is 5.71. The maximum Gasteiger partial charge on any atom is 0.269 e. The fourth-order valence-electron chi connectivity index (χ4n) is 10.2. The van der Waals surface area contributed by atoms with Gasteiger partial charge in [-0.1, -0.05) is 210 Å². The Morgan fingerprint density at radius 1 is 0.467 bits per heavy atom. The molecule has 0 N–H and O–H groups in total. The van der Waals surface area contributed by atoms with Gasteiger partial charge in [0.1, 0.15) is 17.3 Å². The van der Waals surface area contributed by atoms with E-state index in [0.29, 0.717) is 22.7 Å². The van der Waals surface area contributed by atoms with Gasteiger partial charge < -0.3 is 4.74 Å². The van der Waals surface area contributed by atoms with Crippen LogP contribution in [0.15, 0.2) is 194 Å². The van der Waals surface area contributed by atoms with Crippen molar-refractivity contribution >= 4 is 32.8 Å². The second-order valence-corrected chi connectivity index (χ2v) is 24.1. The molecule has 0 unspecified atom stereocenters. The molecule has 0 bridgehead atoms. The van der Waals surface area contributed by atoms with Crippen molar-refractivity contribution in [3.8, 4) is 62.1 Å². The molecule has 0 aliphatic heterocycles. The van der Waals surface area contributed by atoms with E-state index in [4.69, 9.17) is 13.8 Å². The van der Waals surface area contributed by atoms with Gasteiger partial charge in [-0.2, -0.15) is 0 Å². The summed E-state index contributed by atoms with van der Waals surface area (Å²) in [6, 6.07) is 53.1. The van der Waals surface area contributed by atoms with E-state index >= 15 is 0 Å². The quantitative estimate of drug-likeness (QED) is 0.112. The van der Waals surface area contributed by atoms with Crippen molar-refractivity contribution < 1.29 is 16.2 Å². The van der Waals surface area contributed by atoms with Crippen LogP contribution in [0.25, 0.3) is 83.4 Å². The molecule has 11 aromatic rings. The van der Waals surface area contributed by atoms with E-state index in [0.717, 1.165) is 77.7 Å². The Balaban J connectivity index is 1.15. The Morgan fingerprint density at radius 3 is 1.83 bits per heavy atom. The van der Waals surface area contributed by atoms with Crippen molar-refractivity contribution in [3.05, 3.63) is 223 Å². The van der Waals surface area contributed by atoms with Crippen LogP contribution in [0, 0.1) is 6.33 Å². The van der Waals surface area contributed by atoms with E-state index in [1.165, 1.54) is 11.1 Å². The highest BCUT2D eigenvalue weighted by Gasteiger charge is 2.26. The SMILES string of the molecule is [2H]c1c([2H])c([2H])c(-c2cc(C(C)(C)C)cc(-c3cccc(C(C)(C)C)c3)c2-[n+]2[c-]n(-c3cccc(Oc4ccc5c6ccccc6n(-c6cc(C(C)(C)C)ccn6)c5c4)c3)c3cc(-c4ccc(C(C)(C)C)cc4)ccc32)c([2H])c1[2H]. The van der Waals surface area contributed by atoms with Crippen LogP contribution in [0.3, 0.4) is 0 Å². The molecule has 8 aromatic carbocycles. The minimum atomic E-state index is -0.443. The molecule has 0 radical (unpaired) electrons. The number of ether oxygens (including phenoxy) is 1. The Kier molecular flexibility index (Phi) is 10.7. The van der Waals surface area contributed by atoms with Gasteiger partial charge in [-0.3, -0.25) is 13.7 Å². The number of aromatic nitrogens is 4. The molecular weight excluding hydrogens is 913 g/mol. The summed E-state index contributed by atoms with van der Waals surface area (Å²) in [7, 11) is 0. The number of rotatable bonds is 8. The van der Waals surface area contributed by atoms with E-state index in [1.807, 2.05) is 51.7 Å². The molecule has 5 heteroatoms. The molecule has 0 spiro atoms. The zero-order valence-electron chi connectivity index (χ0n) is 50.3. The Morgan fingerprint density at radius 2 is 1.11 bits per heavy atom. The van der Waals surface area contributed by atoms with Crippen molar-refractivity contribution in [1.29, 1.82) is 0 Å². The van der Waals surface area contributed by atoms with Crippen LogP contribution in [0.2, 0.25) is 0 Å². The van der Waals surface area contributed by atoms with Gasteiger partial charge in [0.05, 0.1) is 40.3 Å². The number of imidazole rings is 1. The third-order valence-electron chi connectivity index (χ3n) is 14.5. The lowest BCUT2D eigenvalue weighted by Gasteiger charge is -2.26. The van der Waals surface area contributed by atoms with Crippen molar-refractivity contribution in [2.24, 2.45) is 0 Å². The number of benzene rings is 8. The monoisotopic (exact) mass is 986 g/mol. The first kappa shape index (κ1) is 43.4. The van der Waals surface area contributed by atoms with Gasteiger partial charge in [0.25, 0.3) is 6.33 Å². The Hall–Kier alpha value is -8.02. The molecule has 0 aliphatic carbocycles. The highest BCUT2D eigenvalue weighted by Crippen LogP contribution is 2.42. The number of hydrogen-bond acceptors (Lipinski definition) is 2.